The lowest BCUT2D eigenvalue weighted by molar-refractivity contribution is 0.0943. The quantitative estimate of drug-likeness (QED) is 0.542. The molecule has 0 saturated carbocycles. The molecule has 176 valence electrons. The first-order valence-electron chi connectivity index (χ1n) is 10.9. The molecule has 0 radical (unpaired) electrons. The lowest BCUT2D eigenvalue weighted by atomic mass is 10.0. The zero-order chi connectivity index (χ0) is 24.3. The zero-order valence-electron chi connectivity index (χ0n) is 19.9. The van der Waals surface area contributed by atoms with Gasteiger partial charge in [0.2, 0.25) is 0 Å². The fourth-order valence-corrected chi connectivity index (χ4v) is 3.86. The summed E-state index contributed by atoms with van der Waals surface area (Å²) in [5.74, 6) is 0.326. The predicted molar refractivity (Wildman–Crippen MR) is 128 cm³/mol. The van der Waals surface area contributed by atoms with Crippen molar-refractivity contribution >= 4 is 16.9 Å². The van der Waals surface area contributed by atoms with Crippen molar-refractivity contribution in [3.8, 4) is 5.75 Å². The van der Waals surface area contributed by atoms with Gasteiger partial charge in [0.25, 0.3) is 11.5 Å². The van der Waals surface area contributed by atoms with Crippen LogP contribution in [0.5, 0.6) is 5.75 Å². The summed E-state index contributed by atoms with van der Waals surface area (Å²) in [6.45, 7) is 6.29. The summed E-state index contributed by atoms with van der Waals surface area (Å²) in [5, 5.41) is 3.07. The molecule has 0 fully saturated rings. The maximum absolute atomic E-state index is 13.4. The first-order valence-corrected chi connectivity index (χ1v) is 10.9. The molecule has 1 aromatic carbocycles. The number of benzene rings is 1. The maximum Gasteiger partial charge on any atom is 0.329 e. The summed E-state index contributed by atoms with van der Waals surface area (Å²) < 4.78 is 6.87. The van der Waals surface area contributed by atoms with E-state index in [4.69, 9.17) is 4.74 Å². The van der Waals surface area contributed by atoms with E-state index in [2.05, 4.69) is 15.3 Å². The summed E-state index contributed by atoms with van der Waals surface area (Å²) >= 11 is 0. The predicted octanol–water partition coefficient (Wildman–Crippen LogP) is 2.27. The van der Waals surface area contributed by atoms with Crippen LogP contribution in [0.25, 0.3) is 11.0 Å². The molecule has 33 heavy (non-hydrogen) atoms. The SMILES string of the molecule is CCn1c(=O)[nH]c(=O)c2c(C(=O)NCC(c3ccccc3OC)N(C)C)cc(C(C)C)nc21. The molecule has 3 rings (SSSR count). The highest BCUT2D eigenvalue weighted by molar-refractivity contribution is 6.05. The average Bonchev–Trinajstić information content (AvgIpc) is 2.78. The van der Waals surface area contributed by atoms with Gasteiger partial charge in [-0.1, -0.05) is 32.0 Å². The molecule has 0 aliphatic rings. The van der Waals surface area contributed by atoms with Crippen molar-refractivity contribution < 1.29 is 9.53 Å². The number of methoxy groups -OCH3 is 1. The van der Waals surface area contributed by atoms with Gasteiger partial charge in [0.15, 0.2) is 5.65 Å². The van der Waals surface area contributed by atoms with Gasteiger partial charge in [-0.3, -0.25) is 19.1 Å². The van der Waals surface area contributed by atoms with Gasteiger partial charge in [-0.05, 0) is 39.1 Å². The molecule has 0 bridgehead atoms. The van der Waals surface area contributed by atoms with Crippen LogP contribution in [0.2, 0.25) is 0 Å². The van der Waals surface area contributed by atoms with Crippen LogP contribution in [0, 0.1) is 0 Å². The van der Waals surface area contributed by atoms with Crippen molar-refractivity contribution in [1.82, 2.24) is 24.8 Å². The lowest BCUT2D eigenvalue weighted by Crippen LogP contribution is -2.36. The monoisotopic (exact) mass is 453 g/mol. The Labute approximate surface area is 192 Å². The van der Waals surface area contributed by atoms with E-state index in [1.165, 1.54) is 4.57 Å². The number of ether oxygens (including phenoxy) is 1. The van der Waals surface area contributed by atoms with Gasteiger partial charge in [-0.2, -0.15) is 0 Å². The van der Waals surface area contributed by atoms with Crippen LogP contribution in [-0.2, 0) is 6.54 Å². The van der Waals surface area contributed by atoms with Crippen LogP contribution < -0.4 is 21.3 Å². The number of pyridine rings is 1. The fourth-order valence-electron chi connectivity index (χ4n) is 3.86. The number of carbonyl (C=O) groups is 1. The van der Waals surface area contributed by atoms with E-state index in [9.17, 15) is 14.4 Å². The van der Waals surface area contributed by atoms with Gasteiger partial charge in [-0.15, -0.1) is 0 Å². The van der Waals surface area contributed by atoms with Crippen molar-refractivity contribution in [2.24, 2.45) is 0 Å². The van der Waals surface area contributed by atoms with Crippen LogP contribution in [0.4, 0.5) is 0 Å². The number of para-hydroxylation sites is 1. The van der Waals surface area contributed by atoms with Crippen LogP contribution in [-0.4, -0.2) is 53.1 Å². The van der Waals surface area contributed by atoms with Gasteiger partial charge >= 0.3 is 5.69 Å². The van der Waals surface area contributed by atoms with E-state index >= 15 is 0 Å². The molecule has 0 saturated heterocycles. The Bertz CT molecular complexity index is 1280. The summed E-state index contributed by atoms with van der Waals surface area (Å²) in [7, 11) is 5.46. The molecule has 1 atom stereocenters. The highest BCUT2D eigenvalue weighted by atomic mass is 16.5. The van der Waals surface area contributed by atoms with E-state index in [-0.39, 0.29) is 28.6 Å². The van der Waals surface area contributed by atoms with Crippen molar-refractivity contribution in [2.45, 2.75) is 39.3 Å². The number of H-pyrrole nitrogens is 1. The van der Waals surface area contributed by atoms with Crippen LogP contribution in [0.1, 0.15) is 54.3 Å². The zero-order valence-corrected chi connectivity index (χ0v) is 19.9. The van der Waals surface area contributed by atoms with Gasteiger partial charge in [0, 0.05) is 24.3 Å². The smallest absolute Gasteiger partial charge is 0.329 e. The fraction of sp³-hybridized carbons (Fsp3) is 0.417. The Hall–Kier alpha value is -3.46. The second-order valence-corrected chi connectivity index (χ2v) is 8.38. The standard InChI is InChI=1S/C24H31N5O4/c1-7-29-21-20(23(31)27-24(29)32)16(12-17(26-21)14(2)3)22(30)25-13-18(28(4)5)15-10-8-9-11-19(15)33-6/h8-12,14,18H,7,13H2,1-6H3,(H,25,30)(H,27,31,32). The summed E-state index contributed by atoms with van der Waals surface area (Å²) in [5.41, 5.74) is 0.820. The number of fused-ring (bicyclic) bond motifs is 1. The third-order valence-electron chi connectivity index (χ3n) is 5.70. The minimum Gasteiger partial charge on any atom is -0.496 e. The first kappa shape index (κ1) is 24.2. The number of nitrogens with one attached hydrogen (secondary N) is 2. The van der Waals surface area contributed by atoms with Crippen LogP contribution in [0.15, 0.2) is 39.9 Å². The largest absolute Gasteiger partial charge is 0.496 e. The van der Waals surface area contributed by atoms with E-state index in [0.717, 1.165) is 11.3 Å². The number of amides is 1. The molecule has 0 aliphatic heterocycles. The number of carbonyl (C=O) groups excluding carboxylic acids is 1. The molecule has 1 amide bonds. The van der Waals surface area contributed by atoms with Crippen molar-refractivity contribution in [1.29, 1.82) is 0 Å². The minimum atomic E-state index is -0.624. The van der Waals surface area contributed by atoms with Crippen molar-refractivity contribution in [3.05, 3.63) is 68.0 Å². The van der Waals surface area contributed by atoms with Crippen LogP contribution >= 0.6 is 0 Å². The van der Waals surface area contributed by atoms with Crippen molar-refractivity contribution in [3.63, 3.8) is 0 Å². The number of rotatable bonds is 8. The number of aromatic amines is 1. The molecule has 2 N–H and O–H groups in total. The number of aryl methyl sites for hydroxylation is 1. The summed E-state index contributed by atoms with van der Waals surface area (Å²) in [6.07, 6.45) is 0. The first-order chi connectivity index (χ1) is 15.7. The second kappa shape index (κ2) is 9.99. The third kappa shape index (κ3) is 4.83. The Morgan fingerprint density at radius 3 is 2.55 bits per heavy atom. The van der Waals surface area contributed by atoms with Gasteiger partial charge < -0.3 is 15.0 Å². The number of nitrogens with zero attached hydrogens (tertiary/aromatic N) is 3. The topological polar surface area (TPSA) is 109 Å². The third-order valence-corrected chi connectivity index (χ3v) is 5.70. The van der Waals surface area contributed by atoms with Gasteiger partial charge in [0.1, 0.15) is 5.75 Å². The molecule has 3 aromatic rings. The molecule has 2 heterocycles. The molecule has 9 nitrogen and oxygen atoms in total. The Balaban J connectivity index is 2.06. The molecule has 1 unspecified atom stereocenters. The summed E-state index contributed by atoms with van der Waals surface area (Å²) in [6, 6.07) is 9.13. The molecular weight excluding hydrogens is 422 g/mol. The molecular formula is C24H31N5O4. The van der Waals surface area contributed by atoms with E-state index in [1.807, 2.05) is 57.1 Å². The highest BCUT2D eigenvalue weighted by Crippen LogP contribution is 2.27. The van der Waals surface area contributed by atoms with E-state index < -0.39 is 17.2 Å². The Morgan fingerprint density at radius 2 is 1.94 bits per heavy atom. The maximum atomic E-state index is 13.4. The van der Waals surface area contributed by atoms with E-state index in [1.54, 1.807) is 20.1 Å². The molecule has 9 heteroatoms. The number of hydrogen-bond donors (Lipinski definition) is 2. The average molecular weight is 454 g/mol. The van der Waals surface area contributed by atoms with Crippen molar-refractivity contribution in [2.75, 3.05) is 27.7 Å². The van der Waals surface area contributed by atoms with E-state index in [0.29, 0.717) is 18.8 Å². The number of aromatic nitrogens is 3. The van der Waals surface area contributed by atoms with Gasteiger partial charge in [-0.25, -0.2) is 9.78 Å². The highest BCUT2D eigenvalue weighted by Gasteiger charge is 2.23. The summed E-state index contributed by atoms with van der Waals surface area (Å²) in [4.78, 5) is 47.2. The number of likely N-dealkylation sites (N-methyl/N-ethyl adjacent to an activating group) is 1. The minimum absolute atomic E-state index is 0.00347. The number of hydrogen-bond acceptors (Lipinski definition) is 6. The lowest BCUT2D eigenvalue weighted by Gasteiger charge is -2.26. The normalized spacial score (nSPS) is 12.4. The van der Waals surface area contributed by atoms with Crippen LogP contribution in [0.3, 0.4) is 0 Å². The molecule has 2 aromatic heterocycles. The Morgan fingerprint density at radius 1 is 1.24 bits per heavy atom. The van der Waals surface area contributed by atoms with Gasteiger partial charge in [0.05, 0.1) is 24.1 Å². The molecule has 0 spiro atoms. The molecule has 0 aliphatic carbocycles. The second-order valence-electron chi connectivity index (χ2n) is 8.38. The Kier molecular flexibility index (Phi) is 7.33.